The summed E-state index contributed by atoms with van der Waals surface area (Å²) in [5.74, 6) is -0.00686. The van der Waals surface area contributed by atoms with E-state index in [0.717, 1.165) is 24.7 Å². The Morgan fingerprint density at radius 1 is 0.967 bits per heavy atom. The van der Waals surface area contributed by atoms with Crippen molar-refractivity contribution in [2.45, 2.75) is 97.4 Å². The van der Waals surface area contributed by atoms with Gasteiger partial charge in [0.15, 0.2) is 6.61 Å². The highest BCUT2D eigenvalue weighted by Gasteiger charge is 2.30. The zero-order valence-electron chi connectivity index (χ0n) is 19.0. The fraction of sp³-hybridized carbons (Fsp3) is 0.826. The molecule has 0 aromatic rings. The summed E-state index contributed by atoms with van der Waals surface area (Å²) in [4.78, 5) is 23.4. The van der Waals surface area contributed by atoms with Crippen molar-refractivity contribution >= 4 is 11.8 Å². The van der Waals surface area contributed by atoms with E-state index in [-0.39, 0.29) is 6.42 Å². The third-order valence-electron chi connectivity index (χ3n) is 5.20. The summed E-state index contributed by atoms with van der Waals surface area (Å²) >= 11 is 0. The SMILES string of the molecule is C/C(=C\CCC(=O)OCC(=O)[C@H](O)[C@@H](O)[C@H](O)CO)CCCC(C)CCCC(C)C. The summed E-state index contributed by atoms with van der Waals surface area (Å²) in [7, 11) is 0. The lowest BCUT2D eigenvalue weighted by atomic mass is 9.94. The van der Waals surface area contributed by atoms with Gasteiger partial charge in [-0.05, 0) is 38.0 Å². The van der Waals surface area contributed by atoms with Crippen molar-refractivity contribution in [3.05, 3.63) is 11.6 Å². The first-order chi connectivity index (χ1) is 14.1. The maximum absolute atomic E-state index is 11.7. The van der Waals surface area contributed by atoms with Crippen LogP contribution in [0.3, 0.4) is 0 Å². The van der Waals surface area contributed by atoms with E-state index in [1.165, 1.54) is 31.3 Å². The van der Waals surface area contributed by atoms with E-state index in [0.29, 0.717) is 6.42 Å². The smallest absolute Gasteiger partial charge is 0.306 e. The topological polar surface area (TPSA) is 124 Å². The first kappa shape index (κ1) is 28.7. The zero-order chi connectivity index (χ0) is 23.1. The molecule has 7 nitrogen and oxygen atoms in total. The Hall–Kier alpha value is -1.28. The zero-order valence-corrected chi connectivity index (χ0v) is 19.0. The minimum absolute atomic E-state index is 0.119. The van der Waals surface area contributed by atoms with Crippen LogP contribution in [0.5, 0.6) is 0 Å². The molecule has 176 valence electrons. The number of carbonyl (C=O) groups is 2. The molecular weight excluding hydrogens is 388 g/mol. The van der Waals surface area contributed by atoms with Crippen LogP contribution in [0.4, 0.5) is 0 Å². The Bertz CT molecular complexity index is 516. The fourth-order valence-corrected chi connectivity index (χ4v) is 3.10. The first-order valence-electron chi connectivity index (χ1n) is 11.1. The average molecular weight is 431 g/mol. The normalized spacial score (nSPS) is 16.2. The summed E-state index contributed by atoms with van der Waals surface area (Å²) in [5.41, 5.74) is 1.23. The number of aliphatic hydroxyl groups is 4. The molecule has 0 radical (unpaired) electrons. The van der Waals surface area contributed by atoms with Crippen molar-refractivity contribution in [1.29, 1.82) is 0 Å². The van der Waals surface area contributed by atoms with Crippen LogP contribution >= 0.6 is 0 Å². The van der Waals surface area contributed by atoms with Gasteiger partial charge < -0.3 is 25.2 Å². The second-order valence-electron chi connectivity index (χ2n) is 8.72. The fourth-order valence-electron chi connectivity index (χ4n) is 3.10. The van der Waals surface area contributed by atoms with Gasteiger partial charge in [0.25, 0.3) is 0 Å². The maximum atomic E-state index is 11.7. The van der Waals surface area contributed by atoms with Crippen LogP contribution in [0.1, 0.15) is 79.1 Å². The number of carbonyl (C=O) groups excluding carboxylic acids is 2. The molecule has 0 aliphatic rings. The van der Waals surface area contributed by atoms with E-state index >= 15 is 0 Å². The van der Waals surface area contributed by atoms with Gasteiger partial charge in [-0.1, -0.05) is 58.1 Å². The van der Waals surface area contributed by atoms with Crippen LogP contribution in [0.15, 0.2) is 11.6 Å². The summed E-state index contributed by atoms with van der Waals surface area (Å²) in [6.45, 7) is 7.37. The number of ketones is 1. The van der Waals surface area contributed by atoms with Crippen LogP contribution in [0, 0.1) is 11.8 Å². The van der Waals surface area contributed by atoms with E-state index in [9.17, 15) is 24.9 Å². The van der Waals surface area contributed by atoms with Crippen molar-refractivity contribution in [2.24, 2.45) is 11.8 Å². The monoisotopic (exact) mass is 430 g/mol. The van der Waals surface area contributed by atoms with Crippen molar-refractivity contribution in [1.82, 2.24) is 0 Å². The Kier molecular flexibility index (Phi) is 15.7. The van der Waals surface area contributed by atoms with E-state index in [2.05, 4.69) is 20.8 Å². The predicted molar refractivity (Wildman–Crippen MR) is 116 cm³/mol. The van der Waals surface area contributed by atoms with E-state index in [1.807, 2.05) is 13.0 Å². The minimum atomic E-state index is -1.92. The predicted octanol–water partition coefficient (Wildman–Crippen LogP) is 2.53. The Morgan fingerprint density at radius 3 is 2.20 bits per heavy atom. The summed E-state index contributed by atoms with van der Waals surface area (Å²) in [6.07, 6.45) is 4.42. The molecule has 0 amide bonds. The third kappa shape index (κ3) is 13.9. The van der Waals surface area contributed by atoms with Crippen LogP contribution in [0.25, 0.3) is 0 Å². The maximum Gasteiger partial charge on any atom is 0.306 e. The number of hydrogen-bond donors (Lipinski definition) is 4. The van der Waals surface area contributed by atoms with Gasteiger partial charge in [0.05, 0.1) is 6.61 Å². The van der Waals surface area contributed by atoms with Gasteiger partial charge in [-0.25, -0.2) is 0 Å². The Labute approximate surface area is 181 Å². The summed E-state index contributed by atoms with van der Waals surface area (Å²) in [6, 6.07) is 0. The van der Waals surface area contributed by atoms with Gasteiger partial charge in [-0.15, -0.1) is 0 Å². The third-order valence-corrected chi connectivity index (χ3v) is 5.20. The molecule has 0 aromatic carbocycles. The van der Waals surface area contributed by atoms with Crippen molar-refractivity contribution in [3.63, 3.8) is 0 Å². The van der Waals surface area contributed by atoms with Gasteiger partial charge in [-0.2, -0.15) is 0 Å². The number of esters is 1. The second-order valence-corrected chi connectivity index (χ2v) is 8.72. The van der Waals surface area contributed by atoms with E-state index < -0.39 is 43.3 Å². The molecule has 0 rings (SSSR count). The Balaban J connectivity index is 4.00. The van der Waals surface area contributed by atoms with Crippen LogP contribution in [0.2, 0.25) is 0 Å². The standard InChI is InChI=1S/C23H42O7/c1-16(2)8-5-9-17(3)10-6-11-18(4)12-7-13-21(27)30-15-20(26)23(29)22(28)19(25)14-24/h12,16-17,19,22-25,28-29H,5-11,13-15H2,1-4H3/b18-12+/t17?,19-,22+,23+/m1/s1. The number of Topliss-reactive ketones (excluding diaryl/α,β-unsaturated/α-hetero) is 1. The minimum Gasteiger partial charge on any atom is -0.458 e. The molecule has 0 fully saturated rings. The summed E-state index contributed by atoms with van der Waals surface area (Å²) < 4.78 is 4.80. The first-order valence-corrected chi connectivity index (χ1v) is 11.1. The number of hydrogen-bond acceptors (Lipinski definition) is 7. The van der Waals surface area contributed by atoms with Crippen molar-refractivity contribution in [3.8, 4) is 0 Å². The molecule has 0 heterocycles. The number of rotatable bonds is 17. The molecular formula is C23H42O7. The molecule has 0 aromatic heterocycles. The lowest BCUT2D eigenvalue weighted by Crippen LogP contribution is -2.45. The second kappa shape index (κ2) is 16.4. The van der Waals surface area contributed by atoms with Crippen LogP contribution < -0.4 is 0 Å². The molecule has 0 saturated carbocycles. The highest BCUT2D eigenvalue weighted by Crippen LogP contribution is 2.19. The molecule has 0 bridgehead atoms. The quantitative estimate of drug-likeness (QED) is 0.206. The lowest BCUT2D eigenvalue weighted by molar-refractivity contribution is -0.155. The van der Waals surface area contributed by atoms with E-state index in [4.69, 9.17) is 9.84 Å². The average Bonchev–Trinajstić information content (AvgIpc) is 2.69. The molecule has 4 N–H and O–H groups in total. The van der Waals surface area contributed by atoms with E-state index in [1.54, 1.807) is 0 Å². The molecule has 1 unspecified atom stereocenters. The number of ether oxygens (including phenoxy) is 1. The van der Waals surface area contributed by atoms with Crippen LogP contribution in [-0.2, 0) is 14.3 Å². The summed E-state index contributed by atoms with van der Waals surface area (Å²) in [5, 5.41) is 37.0. The molecule has 0 aliphatic heterocycles. The molecule has 0 spiro atoms. The lowest BCUT2D eigenvalue weighted by Gasteiger charge is -2.20. The molecule has 0 aliphatic carbocycles. The van der Waals surface area contributed by atoms with Gasteiger partial charge in [0.2, 0.25) is 5.78 Å². The molecule has 7 heteroatoms. The largest absolute Gasteiger partial charge is 0.458 e. The van der Waals surface area contributed by atoms with Crippen molar-refractivity contribution < 1.29 is 34.8 Å². The molecule has 30 heavy (non-hydrogen) atoms. The van der Waals surface area contributed by atoms with Gasteiger partial charge in [0.1, 0.15) is 18.3 Å². The van der Waals surface area contributed by atoms with Gasteiger partial charge in [-0.3, -0.25) is 9.59 Å². The highest BCUT2D eigenvalue weighted by molar-refractivity contribution is 5.86. The van der Waals surface area contributed by atoms with Gasteiger partial charge >= 0.3 is 5.97 Å². The molecule has 4 atom stereocenters. The Morgan fingerprint density at radius 2 is 1.60 bits per heavy atom. The highest BCUT2D eigenvalue weighted by atomic mass is 16.5. The van der Waals surface area contributed by atoms with Gasteiger partial charge in [0, 0.05) is 6.42 Å². The van der Waals surface area contributed by atoms with Crippen molar-refractivity contribution in [2.75, 3.05) is 13.2 Å². The number of aliphatic hydroxyl groups excluding tert-OH is 4. The number of allylic oxidation sites excluding steroid dienone is 2. The van der Waals surface area contributed by atoms with Crippen LogP contribution in [-0.4, -0.2) is 63.7 Å². The molecule has 0 saturated heterocycles.